The van der Waals surface area contributed by atoms with Crippen molar-refractivity contribution in [2.45, 2.75) is 61.9 Å². The van der Waals surface area contributed by atoms with E-state index in [9.17, 15) is 39.6 Å². The van der Waals surface area contributed by atoms with Gasteiger partial charge in [-0.15, -0.1) is 0 Å². The first-order chi connectivity index (χ1) is 22.7. The number of aliphatic hydroxyl groups excluding tert-OH is 1. The molecule has 2 aromatic carbocycles. The minimum absolute atomic E-state index is 0.0787. The number of ketones is 3. The average Bonchev–Trinajstić information content (AvgIpc) is 3.06. The summed E-state index contributed by atoms with van der Waals surface area (Å²) < 4.78 is 44.1. The number of hydrogen-bond acceptors (Lipinski definition) is 16. The molecule has 2 aliphatic carbocycles. The lowest BCUT2D eigenvalue weighted by atomic mass is 9.60. The van der Waals surface area contributed by atoms with E-state index in [1.165, 1.54) is 28.3 Å². The van der Waals surface area contributed by atoms with Gasteiger partial charge in [-0.1, -0.05) is 0 Å². The Hall–Kier alpha value is -4.16. The Morgan fingerprint density at radius 3 is 2.04 bits per heavy atom. The highest BCUT2D eigenvalue weighted by molar-refractivity contribution is 6.36. The molecule has 16 heteroatoms. The third-order valence-corrected chi connectivity index (χ3v) is 9.42. The molecule has 1 aliphatic heterocycles. The molecule has 1 heterocycles. The molecule has 4 N–H and O–H groups in total. The summed E-state index contributed by atoms with van der Waals surface area (Å²) in [5.41, 5.74) is -8.59. The van der Waals surface area contributed by atoms with Crippen molar-refractivity contribution in [3.05, 3.63) is 40.2 Å². The molecule has 260 valence electrons. The van der Waals surface area contributed by atoms with Crippen LogP contribution in [0.3, 0.4) is 0 Å². The number of carbonyl (C=O) groups excluding carboxylic acids is 4. The van der Waals surface area contributed by atoms with Gasteiger partial charge in [0.1, 0.15) is 46.9 Å². The molecule has 1 saturated heterocycles. The number of hydrogen-bond donors (Lipinski definition) is 4. The number of rotatable bonds is 8. The molecule has 3 aliphatic rings. The topological polar surface area (TPSA) is 223 Å². The number of aryl methyl sites for hydroxylation is 1. The number of methoxy groups -OCH3 is 6. The molecule has 0 unspecified atom stereocenters. The molecule has 0 spiro atoms. The zero-order chi connectivity index (χ0) is 35.6. The summed E-state index contributed by atoms with van der Waals surface area (Å²) in [6, 6.07) is 1.10. The van der Waals surface area contributed by atoms with Crippen LogP contribution in [0.2, 0.25) is 0 Å². The van der Waals surface area contributed by atoms with Gasteiger partial charge in [0, 0.05) is 45.3 Å². The summed E-state index contributed by atoms with van der Waals surface area (Å²) in [6.45, 7) is 3.05. The van der Waals surface area contributed by atoms with E-state index >= 15 is 0 Å². The van der Waals surface area contributed by atoms with Crippen LogP contribution in [0.5, 0.6) is 17.2 Å². The minimum atomic E-state index is -3.34. The number of fused-ring (bicyclic) bond motifs is 3. The van der Waals surface area contributed by atoms with Gasteiger partial charge < -0.3 is 58.3 Å². The van der Waals surface area contributed by atoms with Crippen LogP contribution >= 0.6 is 0 Å². The molecule has 16 nitrogen and oxygen atoms in total. The van der Waals surface area contributed by atoms with Crippen LogP contribution in [0.25, 0.3) is 10.8 Å². The highest BCUT2D eigenvalue weighted by atomic mass is 16.7. The summed E-state index contributed by atoms with van der Waals surface area (Å²) in [4.78, 5) is 54.9. The van der Waals surface area contributed by atoms with Crippen LogP contribution in [-0.4, -0.2) is 134 Å². The van der Waals surface area contributed by atoms with E-state index in [2.05, 4.69) is 0 Å². The highest BCUT2D eigenvalue weighted by Crippen LogP contribution is 2.54. The maximum Gasteiger partial charge on any atom is 0.341 e. The van der Waals surface area contributed by atoms with Crippen molar-refractivity contribution >= 4 is 34.1 Å². The van der Waals surface area contributed by atoms with Crippen LogP contribution in [0.1, 0.15) is 43.6 Å². The van der Waals surface area contributed by atoms with E-state index in [0.29, 0.717) is 6.08 Å². The fourth-order valence-corrected chi connectivity index (χ4v) is 7.05. The summed E-state index contributed by atoms with van der Waals surface area (Å²) in [5, 5.41) is 45.5. The van der Waals surface area contributed by atoms with Gasteiger partial charge in [0.2, 0.25) is 34.8 Å². The van der Waals surface area contributed by atoms with Crippen LogP contribution in [0.4, 0.5) is 0 Å². The predicted molar refractivity (Wildman–Crippen MR) is 160 cm³/mol. The molecule has 0 saturated carbocycles. The molecule has 0 aromatic heterocycles. The molecule has 0 radical (unpaired) electrons. The first-order valence-corrected chi connectivity index (χ1v) is 14.6. The fraction of sp³-hybridized carbons (Fsp3) is 0.500. The smallest absolute Gasteiger partial charge is 0.341 e. The van der Waals surface area contributed by atoms with Crippen LogP contribution < -0.4 is 4.74 Å². The molecule has 5 rings (SSSR count). The number of esters is 1. The van der Waals surface area contributed by atoms with E-state index in [1.54, 1.807) is 6.92 Å². The molecular formula is C32H36O16. The number of benzene rings is 2. The number of carbonyl (C=O) groups is 4. The maximum atomic E-state index is 14.2. The highest BCUT2D eigenvalue weighted by Gasteiger charge is 2.75. The van der Waals surface area contributed by atoms with Gasteiger partial charge in [-0.05, 0) is 25.5 Å². The molecule has 0 amide bonds. The lowest BCUT2D eigenvalue weighted by Gasteiger charge is -2.49. The lowest BCUT2D eigenvalue weighted by Crippen LogP contribution is -2.77. The third kappa shape index (κ3) is 4.41. The van der Waals surface area contributed by atoms with Crippen molar-refractivity contribution in [3.63, 3.8) is 0 Å². The van der Waals surface area contributed by atoms with Crippen molar-refractivity contribution in [2.75, 3.05) is 42.7 Å². The van der Waals surface area contributed by atoms with Crippen LogP contribution in [0.15, 0.2) is 17.9 Å². The maximum absolute atomic E-state index is 14.2. The Morgan fingerprint density at radius 2 is 1.50 bits per heavy atom. The number of ether oxygens (including phenoxy) is 8. The summed E-state index contributed by atoms with van der Waals surface area (Å²) in [7, 11) is 7.29. The summed E-state index contributed by atoms with van der Waals surface area (Å²) >= 11 is 0. The van der Waals surface area contributed by atoms with Crippen molar-refractivity contribution in [2.24, 2.45) is 0 Å². The molecular weight excluding hydrogens is 640 g/mol. The van der Waals surface area contributed by atoms with Crippen molar-refractivity contribution in [1.82, 2.24) is 0 Å². The van der Waals surface area contributed by atoms with Crippen molar-refractivity contribution in [1.29, 1.82) is 0 Å². The number of Topliss-reactive ketones (excluding diaryl/α,β-unsaturated/α-hetero) is 2. The minimum Gasteiger partial charge on any atom is -0.507 e. The average molecular weight is 677 g/mol. The Balaban J connectivity index is 1.80. The fourth-order valence-electron chi connectivity index (χ4n) is 7.05. The van der Waals surface area contributed by atoms with Gasteiger partial charge in [-0.2, -0.15) is 0 Å². The second-order valence-electron chi connectivity index (χ2n) is 11.5. The third-order valence-electron chi connectivity index (χ3n) is 9.42. The summed E-state index contributed by atoms with van der Waals surface area (Å²) in [5.74, 6) is -7.92. The van der Waals surface area contributed by atoms with E-state index in [0.717, 1.165) is 27.4 Å². The number of phenols is 2. The Labute approximate surface area is 273 Å². The zero-order valence-electron chi connectivity index (χ0n) is 27.3. The molecule has 1 fully saturated rings. The van der Waals surface area contributed by atoms with Crippen molar-refractivity contribution < 1.29 is 77.5 Å². The second kappa shape index (κ2) is 12.4. The lowest BCUT2D eigenvalue weighted by molar-refractivity contribution is -0.282. The standard InChI is InChI=1S/C32H36O16/c1-11-17-13(9-14(18(11)29(39)45-7)48-30-25(44-6)24(43-5)23(42-4)12(2)47-30)21(34)19-20(22(17)35)28(38)32(46-8)16(33)10-15(41-3)26(36)31(32,40)27(19)37/h9-10,12,23-26,30,34-36,40H,1-8H3/t12-,23+,24-,25-,26+,30+,31+,32-/m1/s1. The first-order valence-electron chi connectivity index (χ1n) is 14.6. The number of aromatic hydroxyl groups is 2. The van der Waals surface area contributed by atoms with E-state index in [4.69, 9.17) is 37.9 Å². The monoisotopic (exact) mass is 676 g/mol. The van der Waals surface area contributed by atoms with E-state index < -0.39 is 99.7 Å². The molecule has 8 atom stereocenters. The van der Waals surface area contributed by atoms with Crippen LogP contribution in [0, 0.1) is 6.92 Å². The van der Waals surface area contributed by atoms with Crippen LogP contribution in [-0.2, 0) is 38.0 Å². The molecule has 0 bridgehead atoms. The Kier molecular flexibility index (Phi) is 9.07. The van der Waals surface area contributed by atoms with Gasteiger partial charge in [0.25, 0.3) is 0 Å². The van der Waals surface area contributed by atoms with E-state index in [-0.39, 0.29) is 27.6 Å². The predicted octanol–water partition coefficient (Wildman–Crippen LogP) is 0.484. The zero-order valence-corrected chi connectivity index (χ0v) is 27.3. The number of phenolic OH excluding ortho intramolecular Hbond substituents is 2. The van der Waals surface area contributed by atoms with Crippen molar-refractivity contribution in [3.8, 4) is 17.2 Å². The summed E-state index contributed by atoms with van der Waals surface area (Å²) in [6.07, 6.45) is -5.69. The molecule has 2 aromatic rings. The van der Waals surface area contributed by atoms with Gasteiger partial charge in [0.05, 0.1) is 31.5 Å². The Bertz CT molecular complexity index is 1750. The SMILES string of the molecule is COC(=O)c1c(O[C@@H]2O[C@H](C)[C@H](OC)[C@@H](OC)[C@H]2OC)cc2c(O)c3c(c(O)c2c1C)C(=O)[C@]1(OC)C(=O)C=C(OC)[C@H](O)[C@]1(O)C3=O. The largest absolute Gasteiger partial charge is 0.507 e. The quantitative estimate of drug-likeness (QED) is 0.170. The second-order valence-corrected chi connectivity index (χ2v) is 11.5. The number of aliphatic hydroxyl groups is 2. The first kappa shape index (κ1) is 35.2. The van der Waals surface area contributed by atoms with E-state index in [1.807, 2.05) is 0 Å². The van der Waals surface area contributed by atoms with Gasteiger partial charge in [0.15, 0.2) is 6.10 Å². The Morgan fingerprint density at radius 1 is 0.896 bits per heavy atom. The molecule has 48 heavy (non-hydrogen) atoms. The van der Waals surface area contributed by atoms with Gasteiger partial charge >= 0.3 is 5.97 Å². The normalized spacial score (nSPS) is 31.6. The van der Waals surface area contributed by atoms with Gasteiger partial charge in [-0.3, -0.25) is 14.4 Å². The van der Waals surface area contributed by atoms with Gasteiger partial charge in [-0.25, -0.2) is 4.79 Å².